The van der Waals surface area contributed by atoms with Gasteiger partial charge in [0.2, 0.25) is 0 Å². The minimum Gasteiger partial charge on any atom is -0.384 e. The Hall–Kier alpha value is -1.62. The summed E-state index contributed by atoms with van der Waals surface area (Å²) in [5, 5.41) is 2.87. The first kappa shape index (κ1) is 11.9. The lowest BCUT2D eigenvalue weighted by Crippen LogP contribution is -2.49. The number of pyridine rings is 1. The molecule has 5 nitrogen and oxygen atoms in total. The van der Waals surface area contributed by atoms with Crippen molar-refractivity contribution in [3.8, 4) is 0 Å². The van der Waals surface area contributed by atoms with Crippen LogP contribution in [0.4, 0.5) is 5.82 Å². The average Bonchev–Trinajstić information content (AvgIpc) is 2.29. The van der Waals surface area contributed by atoms with Gasteiger partial charge in [0.05, 0.1) is 11.2 Å². The summed E-state index contributed by atoms with van der Waals surface area (Å²) < 4.78 is 5.43. The van der Waals surface area contributed by atoms with Crippen LogP contribution in [0.5, 0.6) is 0 Å². The smallest absolute Gasteiger partial charge is 0.252 e. The fourth-order valence-electron chi connectivity index (χ4n) is 1.91. The van der Waals surface area contributed by atoms with E-state index in [9.17, 15) is 4.79 Å². The molecule has 0 saturated heterocycles. The van der Waals surface area contributed by atoms with Crippen molar-refractivity contribution in [1.29, 1.82) is 0 Å². The number of nitrogen functional groups attached to an aromatic ring is 1. The van der Waals surface area contributed by atoms with Crippen molar-refractivity contribution < 1.29 is 9.53 Å². The number of methoxy groups -OCH3 is 1. The molecule has 0 spiro atoms. The minimum absolute atomic E-state index is 0.138. The highest BCUT2D eigenvalue weighted by atomic mass is 16.5. The normalized spacial score (nSPS) is 17.2. The number of rotatable bonds is 4. The van der Waals surface area contributed by atoms with Gasteiger partial charge < -0.3 is 15.8 Å². The SMILES string of the molecule is COC1(CNC(=O)c2ccc(N)nc2)CCC1. The fraction of sp³-hybridized carbons (Fsp3) is 0.500. The van der Waals surface area contributed by atoms with Crippen LogP contribution in [0.1, 0.15) is 29.6 Å². The van der Waals surface area contributed by atoms with Gasteiger partial charge in [-0.2, -0.15) is 0 Å². The molecule has 2 rings (SSSR count). The van der Waals surface area contributed by atoms with Crippen molar-refractivity contribution in [3.63, 3.8) is 0 Å². The summed E-state index contributed by atoms with van der Waals surface area (Å²) in [7, 11) is 1.69. The van der Waals surface area contributed by atoms with Crippen LogP contribution in [-0.2, 0) is 4.74 Å². The van der Waals surface area contributed by atoms with E-state index in [4.69, 9.17) is 10.5 Å². The summed E-state index contributed by atoms with van der Waals surface area (Å²) in [5.74, 6) is 0.273. The predicted molar refractivity (Wildman–Crippen MR) is 64.6 cm³/mol. The summed E-state index contributed by atoms with van der Waals surface area (Å²) in [6.07, 6.45) is 4.64. The Morgan fingerprint density at radius 3 is 2.82 bits per heavy atom. The maximum Gasteiger partial charge on any atom is 0.252 e. The van der Waals surface area contributed by atoms with Crippen LogP contribution >= 0.6 is 0 Å². The number of nitrogens with zero attached hydrogens (tertiary/aromatic N) is 1. The van der Waals surface area contributed by atoms with Gasteiger partial charge >= 0.3 is 0 Å². The zero-order chi connectivity index (χ0) is 12.3. The van der Waals surface area contributed by atoms with Crippen LogP contribution in [0.25, 0.3) is 0 Å². The second-order valence-electron chi connectivity index (χ2n) is 4.40. The molecule has 1 saturated carbocycles. The Kier molecular flexibility index (Phi) is 3.28. The van der Waals surface area contributed by atoms with Gasteiger partial charge in [-0.3, -0.25) is 4.79 Å². The summed E-state index contributed by atoms with van der Waals surface area (Å²) in [5.41, 5.74) is 5.82. The lowest BCUT2D eigenvalue weighted by Gasteiger charge is -2.40. The number of anilines is 1. The number of hydrogen-bond acceptors (Lipinski definition) is 4. The topological polar surface area (TPSA) is 77.2 Å². The Morgan fingerprint density at radius 2 is 2.35 bits per heavy atom. The highest BCUT2D eigenvalue weighted by molar-refractivity contribution is 5.94. The number of nitrogens with two attached hydrogens (primary N) is 1. The largest absolute Gasteiger partial charge is 0.384 e. The van der Waals surface area contributed by atoms with Crippen LogP contribution in [0.3, 0.4) is 0 Å². The molecule has 0 bridgehead atoms. The molecule has 1 aliphatic carbocycles. The highest BCUT2D eigenvalue weighted by Crippen LogP contribution is 2.34. The van der Waals surface area contributed by atoms with Crippen LogP contribution in [0.2, 0.25) is 0 Å². The van der Waals surface area contributed by atoms with E-state index in [1.807, 2.05) is 0 Å². The Balaban J connectivity index is 1.91. The lowest BCUT2D eigenvalue weighted by molar-refractivity contribution is -0.0679. The maximum atomic E-state index is 11.8. The van der Waals surface area contributed by atoms with Crippen LogP contribution in [0, 0.1) is 0 Å². The van der Waals surface area contributed by atoms with Crippen molar-refractivity contribution in [1.82, 2.24) is 10.3 Å². The highest BCUT2D eigenvalue weighted by Gasteiger charge is 2.37. The van der Waals surface area contributed by atoms with Crippen LogP contribution in [0.15, 0.2) is 18.3 Å². The van der Waals surface area contributed by atoms with E-state index in [-0.39, 0.29) is 11.5 Å². The van der Waals surface area contributed by atoms with E-state index in [0.29, 0.717) is 17.9 Å². The minimum atomic E-state index is -0.156. The molecule has 92 valence electrons. The average molecular weight is 235 g/mol. The van der Waals surface area contributed by atoms with Gasteiger partial charge in [-0.25, -0.2) is 4.98 Å². The first-order chi connectivity index (χ1) is 8.15. The van der Waals surface area contributed by atoms with Crippen LogP contribution < -0.4 is 11.1 Å². The molecule has 1 aromatic rings. The van der Waals surface area contributed by atoms with Gasteiger partial charge in [-0.1, -0.05) is 0 Å². The summed E-state index contributed by atoms with van der Waals surface area (Å²) in [6, 6.07) is 3.28. The standard InChI is InChI=1S/C12H17N3O2/c1-17-12(5-2-6-12)8-15-11(16)9-3-4-10(13)14-7-9/h3-4,7H,2,5-6,8H2,1H3,(H2,13,14)(H,15,16). The molecule has 3 N–H and O–H groups in total. The molecule has 1 aliphatic rings. The summed E-state index contributed by atoms with van der Waals surface area (Å²) >= 11 is 0. The van der Waals surface area contributed by atoms with E-state index in [0.717, 1.165) is 19.3 Å². The maximum absolute atomic E-state index is 11.8. The van der Waals surface area contributed by atoms with Gasteiger partial charge in [-0.15, -0.1) is 0 Å². The molecule has 5 heteroatoms. The Bertz CT molecular complexity index is 393. The molecule has 17 heavy (non-hydrogen) atoms. The third-order valence-corrected chi connectivity index (χ3v) is 3.32. The molecule has 0 unspecified atom stereocenters. The quantitative estimate of drug-likeness (QED) is 0.815. The molecule has 1 heterocycles. The summed E-state index contributed by atoms with van der Waals surface area (Å²) in [6.45, 7) is 0.548. The molecule has 1 amide bonds. The van der Waals surface area contributed by atoms with Gasteiger partial charge in [-0.05, 0) is 31.4 Å². The van der Waals surface area contributed by atoms with Crippen LogP contribution in [-0.4, -0.2) is 30.1 Å². The number of aromatic nitrogens is 1. The van der Waals surface area contributed by atoms with Crippen molar-refractivity contribution in [2.24, 2.45) is 0 Å². The first-order valence-corrected chi connectivity index (χ1v) is 5.70. The third kappa shape index (κ3) is 2.55. The van der Waals surface area contributed by atoms with Gasteiger partial charge in [0.1, 0.15) is 5.82 Å². The van der Waals surface area contributed by atoms with Gasteiger partial charge in [0, 0.05) is 19.9 Å². The van der Waals surface area contributed by atoms with Gasteiger partial charge in [0.15, 0.2) is 0 Å². The molecule has 0 radical (unpaired) electrons. The number of ether oxygens (including phenoxy) is 1. The van der Waals surface area contributed by atoms with Crippen molar-refractivity contribution in [3.05, 3.63) is 23.9 Å². The predicted octanol–water partition coefficient (Wildman–Crippen LogP) is 0.963. The lowest BCUT2D eigenvalue weighted by atomic mass is 9.80. The first-order valence-electron chi connectivity index (χ1n) is 5.70. The molecule has 1 fully saturated rings. The van der Waals surface area contributed by atoms with E-state index in [2.05, 4.69) is 10.3 Å². The number of nitrogens with one attached hydrogen (secondary N) is 1. The van der Waals surface area contributed by atoms with E-state index < -0.39 is 0 Å². The van der Waals surface area contributed by atoms with Crippen molar-refractivity contribution in [2.45, 2.75) is 24.9 Å². The van der Waals surface area contributed by atoms with E-state index in [1.54, 1.807) is 19.2 Å². The molecule has 1 aromatic heterocycles. The van der Waals surface area contributed by atoms with E-state index in [1.165, 1.54) is 6.20 Å². The number of hydrogen-bond donors (Lipinski definition) is 2. The fourth-order valence-corrected chi connectivity index (χ4v) is 1.91. The molecule has 0 aromatic carbocycles. The monoisotopic (exact) mass is 235 g/mol. The number of carbonyl (C=O) groups is 1. The van der Waals surface area contributed by atoms with E-state index >= 15 is 0 Å². The zero-order valence-corrected chi connectivity index (χ0v) is 9.90. The Labute approximate surface area is 100 Å². The molecular formula is C12H17N3O2. The van der Waals surface area contributed by atoms with Gasteiger partial charge in [0.25, 0.3) is 5.91 Å². The molecule has 0 atom stereocenters. The molecule has 0 aliphatic heterocycles. The second-order valence-corrected chi connectivity index (χ2v) is 4.40. The number of amides is 1. The third-order valence-electron chi connectivity index (χ3n) is 3.32. The molecular weight excluding hydrogens is 218 g/mol. The Morgan fingerprint density at radius 1 is 1.59 bits per heavy atom. The summed E-state index contributed by atoms with van der Waals surface area (Å²) in [4.78, 5) is 15.7. The van der Waals surface area contributed by atoms with Crippen molar-refractivity contribution >= 4 is 11.7 Å². The zero-order valence-electron chi connectivity index (χ0n) is 9.90. The number of carbonyl (C=O) groups excluding carboxylic acids is 1. The van der Waals surface area contributed by atoms with Crippen molar-refractivity contribution in [2.75, 3.05) is 19.4 Å². The second kappa shape index (κ2) is 4.71.